The maximum Gasteiger partial charge on any atom is 0.129 e. The quantitative estimate of drug-likeness (QED) is 0.643. The van der Waals surface area contributed by atoms with Crippen molar-refractivity contribution in [2.24, 2.45) is 5.73 Å². The Morgan fingerprint density at radius 1 is 1.32 bits per heavy atom. The highest BCUT2D eigenvalue weighted by molar-refractivity contribution is 7.99. The molecule has 3 nitrogen and oxygen atoms in total. The van der Waals surface area contributed by atoms with Crippen molar-refractivity contribution in [3.63, 3.8) is 0 Å². The summed E-state index contributed by atoms with van der Waals surface area (Å²) in [6.45, 7) is 4.22. The first kappa shape index (κ1) is 14.6. The summed E-state index contributed by atoms with van der Waals surface area (Å²) in [5, 5.41) is 0. The van der Waals surface area contributed by atoms with E-state index in [0.717, 1.165) is 24.3 Å². The van der Waals surface area contributed by atoms with Gasteiger partial charge < -0.3 is 15.4 Å². The summed E-state index contributed by atoms with van der Waals surface area (Å²) < 4.78 is 5.79. The van der Waals surface area contributed by atoms with Crippen molar-refractivity contribution in [3.8, 4) is 5.75 Å². The number of rotatable bonds is 6. The minimum atomic E-state index is 0.392. The second-order valence-electron chi connectivity index (χ2n) is 4.52. The van der Waals surface area contributed by atoms with E-state index in [1.54, 1.807) is 0 Å². The van der Waals surface area contributed by atoms with Crippen LogP contribution in [0.2, 0.25) is 0 Å². The largest absolute Gasteiger partial charge is 0.493 e. The molecule has 0 bridgehead atoms. The number of hydrogen-bond donors (Lipinski definition) is 1. The minimum absolute atomic E-state index is 0.392. The van der Waals surface area contributed by atoms with E-state index in [1.165, 1.54) is 24.6 Å². The van der Waals surface area contributed by atoms with Crippen LogP contribution in [0.3, 0.4) is 0 Å². The molecule has 0 unspecified atom stereocenters. The Morgan fingerprint density at radius 2 is 2.05 bits per heavy atom. The van der Waals surface area contributed by atoms with Crippen LogP contribution in [-0.4, -0.2) is 47.6 Å². The zero-order chi connectivity index (χ0) is 13.5. The van der Waals surface area contributed by atoms with E-state index in [-0.39, 0.29) is 0 Å². The number of benzene rings is 1. The number of thioether (sulfide) groups is 1. The summed E-state index contributed by atoms with van der Waals surface area (Å²) >= 11 is 7.06. The Balaban J connectivity index is 1.74. The van der Waals surface area contributed by atoms with E-state index in [4.69, 9.17) is 22.7 Å². The van der Waals surface area contributed by atoms with Crippen molar-refractivity contribution < 1.29 is 4.74 Å². The van der Waals surface area contributed by atoms with E-state index < -0.39 is 0 Å². The van der Waals surface area contributed by atoms with Crippen LogP contribution in [0.1, 0.15) is 12.0 Å². The molecule has 1 aromatic carbocycles. The predicted molar refractivity (Wildman–Crippen MR) is 86.2 cm³/mol. The first-order chi connectivity index (χ1) is 9.27. The molecule has 1 aliphatic heterocycles. The van der Waals surface area contributed by atoms with Gasteiger partial charge in [0.1, 0.15) is 10.7 Å². The van der Waals surface area contributed by atoms with Gasteiger partial charge in [0.2, 0.25) is 0 Å². The number of nitrogens with zero attached hydrogens (tertiary/aromatic N) is 1. The van der Waals surface area contributed by atoms with Crippen molar-refractivity contribution in [1.29, 1.82) is 0 Å². The molecule has 1 fully saturated rings. The van der Waals surface area contributed by atoms with Crippen LogP contribution >= 0.6 is 24.0 Å². The molecule has 1 saturated heterocycles. The molecule has 1 heterocycles. The van der Waals surface area contributed by atoms with Gasteiger partial charge in [0.15, 0.2) is 0 Å². The molecule has 0 amide bonds. The molecule has 0 atom stereocenters. The standard InChI is InChI=1S/C14H20N2OS2/c15-14(18)12-4-1-2-5-13(12)17-9-3-6-16-7-10-19-11-8-16/h1-2,4-5H,3,6-11H2,(H2,15,18). The third kappa shape index (κ3) is 4.67. The van der Waals surface area contributed by atoms with Gasteiger partial charge in [-0.05, 0) is 18.6 Å². The number of nitrogens with two attached hydrogens (primary N) is 1. The number of hydrogen-bond acceptors (Lipinski definition) is 4. The summed E-state index contributed by atoms with van der Waals surface area (Å²) in [4.78, 5) is 2.89. The normalized spacial score (nSPS) is 16.2. The maximum absolute atomic E-state index is 5.79. The molecular weight excluding hydrogens is 276 g/mol. The molecule has 2 rings (SSSR count). The van der Waals surface area contributed by atoms with E-state index in [0.29, 0.717) is 11.6 Å². The molecular formula is C14H20N2OS2. The lowest BCUT2D eigenvalue weighted by atomic mass is 10.2. The second-order valence-corrected chi connectivity index (χ2v) is 6.18. The fourth-order valence-electron chi connectivity index (χ4n) is 2.09. The van der Waals surface area contributed by atoms with Crippen molar-refractivity contribution in [2.45, 2.75) is 6.42 Å². The first-order valence-corrected chi connectivity index (χ1v) is 8.15. The van der Waals surface area contributed by atoms with Gasteiger partial charge in [-0.2, -0.15) is 11.8 Å². The number of thiocarbonyl (C=S) groups is 1. The fraction of sp³-hybridized carbons (Fsp3) is 0.500. The smallest absolute Gasteiger partial charge is 0.129 e. The zero-order valence-electron chi connectivity index (χ0n) is 11.0. The summed E-state index contributed by atoms with van der Waals surface area (Å²) in [7, 11) is 0. The lowest BCUT2D eigenvalue weighted by Crippen LogP contribution is -2.33. The summed E-state index contributed by atoms with van der Waals surface area (Å²) in [5.74, 6) is 3.31. The molecule has 0 saturated carbocycles. The van der Waals surface area contributed by atoms with Gasteiger partial charge in [-0.25, -0.2) is 0 Å². The molecule has 0 aliphatic carbocycles. The monoisotopic (exact) mass is 296 g/mol. The van der Waals surface area contributed by atoms with Crippen LogP contribution in [0.4, 0.5) is 0 Å². The molecule has 19 heavy (non-hydrogen) atoms. The zero-order valence-corrected chi connectivity index (χ0v) is 12.6. The third-order valence-electron chi connectivity index (χ3n) is 3.13. The Labute approximate surface area is 124 Å². The Bertz CT molecular complexity index is 420. The molecule has 104 valence electrons. The van der Waals surface area contributed by atoms with Crippen LogP contribution < -0.4 is 10.5 Å². The maximum atomic E-state index is 5.79. The predicted octanol–water partition coefficient (Wildman–Crippen LogP) is 2.14. The van der Waals surface area contributed by atoms with Crippen LogP contribution in [0.15, 0.2) is 24.3 Å². The van der Waals surface area contributed by atoms with E-state index >= 15 is 0 Å². The summed E-state index contributed by atoms with van der Waals surface area (Å²) in [6, 6.07) is 7.69. The molecule has 0 aromatic heterocycles. The number of ether oxygens (including phenoxy) is 1. The molecule has 1 aliphatic rings. The van der Waals surface area contributed by atoms with Gasteiger partial charge in [-0.3, -0.25) is 0 Å². The van der Waals surface area contributed by atoms with Crippen molar-refractivity contribution in [1.82, 2.24) is 4.90 Å². The average Bonchev–Trinajstić information content (AvgIpc) is 2.45. The van der Waals surface area contributed by atoms with Crippen molar-refractivity contribution >= 4 is 29.0 Å². The van der Waals surface area contributed by atoms with Crippen LogP contribution in [-0.2, 0) is 0 Å². The van der Waals surface area contributed by atoms with Gasteiger partial charge in [-0.1, -0.05) is 24.4 Å². The lowest BCUT2D eigenvalue weighted by molar-refractivity contribution is 0.248. The van der Waals surface area contributed by atoms with Gasteiger partial charge in [0.25, 0.3) is 0 Å². The van der Waals surface area contributed by atoms with Gasteiger partial charge in [0, 0.05) is 31.1 Å². The topological polar surface area (TPSA) is 38.5 Å². The van der Waals surface area contributed by atoms with Gasteiger partial charge >= 0.3 is 0 Å². The van der Waals surface area contributed by atoms with Crippen LogP contribution in [0.5, 0.6) is 5.75 Å². The summed E-state index contributed by atoms with van der Waals surface area (Å²) in [6.07, 6.45) is 1.04. The van der Waals surface area contributed by atoms with E-state index in [1.807, 2.05) is 36.0 Å². The highest BCUT2D eigenvalue weighted by Crippen LogP contribution is 2.18. The first-order valence-electron chi connectivity index (χ1n) is 6.59. The van der Waals surface area contributed by atoms with E-state index in [2.05, 4.69) is 4.90 Å². The molecule has 2 N–H and O–H groups in total. The van der Waals surface area contributed by atoms with Gasteiger partial charge in [-0.15, -0.1) is 0 Å². The minimum Gasteiger partial charge on any atom is -0.493 e. The average molecular weight is 296 g/mol. The molecule has 0 radical (unpaired) electrons. The fourth-order valence-corrected chi connectivity index (χ4v) is 3.24. The van der Waals surface area contributed by atoms with E-state index in [9.17, 15) is 0 Å². The Morgan fingerprint density at radius 3 is 2.79 bits per heavy atom. The molecule has 5 heteroatoms. The highest BCUT2D eigenvalue weighted by atomic mass is 32.2. The van der Waals surface area contributed by atoms with Crippen LogP contribution in [0, 0.1) is 0 Å². The molecule has 1 aromatic rings. The lowest BCUT2D eigenvalue weighted by Gasteiger charge is -2.25. The SMILES string of the molecule is NC(=S)c1ccccc1OCCCN1CCSCC1. The number of para-hydroxylation sites is 1. The summed E-state index contributed by atoms with van der Waals surface area (Å²) in [5.41, 5.74) is 6.50. The van der Waals surface area contributed by atoms with Crippen molar-refractivity contribution in [2.75, 3.05) is 37.7 Å². The Kier molecular flexibility index (Phi) is 5.94. The molecule has 0 spiro atoms. The van der Waals surface area contributed by atoms with Gasteiger partial charge in [0.05, 0.1) is 12.2 Å². The van der Waals surface area contributed by atoms with Crippen LogP contribution in [0.25, 0.3) is 0 Å². The van der Waals surface area contributed by atoms with Crippen molar-refractivity contribution in [3.05, 3.63) is 29.8 Å². The highest BCUT2D eigenvalue weighted by Gasteiger charge is 2.10. The Hall–Kier alpha value is -0.780. The third-order valence-corrected chi connectivity index (χ3v) is 4.29. The second kappa shape index (κ2) is 7.72.